The second-order valence-corrected chi connectivity index (χ2v) is 6.39. The van der Waals surface area contributed by atoms with E-state index in [0.29, 0.717) is 31.0 Å². The van der Waals surface area contributed by atoms with Crippen molar-refractivity contribution in [1.29, 1.82) is 0 Å². The van der Waals surface area contributed by atoms with Crippen LogP contribution in [0, 0.1) is 5.82 Å². The number of nitrogens with one attached hydrogen (secondary N) is 3. The number of rotatable bonds is 5. The van der Waals surface area contributed by atoms with Gasteiger partial charge >= 0.3 is 0 Å². The number of amides is 2. The average Bonchev–Trinajstić information content (AvgIpc) is 2.69. The molecular formula is C20H22FN3O3. The van der Waals surface area contributed by atoms with Crippen LogP contribution in [0.3, 0.4) is 0 Å². The minimum Gasteiger partial charge on any atom is -0.378 e. The smallest absolute Gasteiger partial charge is 0.255 e. The van der Waals surface area contributed by atoms with Gasteiger partial charge in [-0.15, -0.1) is 0 Å². The van der Waals surface area contributed by atoms with Crippen molar-refractivity contribution in [3.05, 3.63) is 65.5 Å². The number of anilines is 1. The van der Waals surface area contributed by atoms with Crippen LogP contribution in [0.4, 0.5) is 10.1 Å². The first-order valence-corrected chi connectivity index (χ1v) is 8.81. The Morgan fingerprint density at radius 2 is 1.85 bits per heavy atom. The predicted octanol–water partition coefficient (Wildman–Crippen LogP) is 2.24. The van der Waals surface area contributed by atoms with Gasteiger partial charge in [-0.05, 0) is 48.9 Å². The van der Waals surface area contributed by atoms with Crippen LogP contribution in [-0.4, -0.2) is 37.6 Å². The zero-order valence-electron chi connectivity index (χ0n) is 15.0. The van der Waals surface area contributed by atoms with E-state index in [0.717, 1.165) is 5.56 Å². The molecule has 27 heavy (non-hydrogen) atoms. The molecule has 7 heteroatoms. The fourth-order valence-electron chi connectivity index (χ4n) is 2.79. The molecule has 0 radical (unpaired) electrons. The number of benzene rings is 2. The molecule has 2 unspecified atom stereocenters. The highest BCUT2D eigenvalue weighted by Gasteiger charge is 2.22. The molecule has 0 spiro atoms. The van der Waals surface area contributed by atoms with Crippen molar-refractivity contribution in [2.75, 3.05) is 25.1 Å². The molecule has 1 aliphatic heterocycles. The maximum absolute atomic E-state index is 12.9. The monoisotopic (exact) mass is 371 g/mol. The lowest BCUT2D eigenvalue weighted by atomic mass is 10.1. The Kier molecular flexibility index (Phi) is 6.16. The normalized spacial score (nSPS) is 17.8. The largest absolute Gasteiger partial charge is 0.378 e. The minimum absolute atomic E-state index is 0.101. The highest BCUT2D eigenvalue weighted by Crippen LogP contribution is 2.17. The van der Waals surface area contributed by atoms with Crippen molar-refractivity contribution in [3.63, 3.8) is 0 Å². The molecule has 2 aromatic carbocycles. The third-order valence-corrected chi connectivity index (χ3v) is 4.37. The lowest BCUT2D eigenvalue weighted by molar-refractivity contribution is -0.126. The molecular weight excluding hydrogens is 349 g/mol. The van der Waals surface area contributed by atoms with E-state index >= 15 is 0 Å². The van der Waals surface area contributed by atoms with E-state index in [-0.39, 0.29) is 29.7 Å². The van der Waals surface area contributed by atoms with Gasteiger partial charge in [0.2, 0.25) is 5.91 Å². The number of hydrogen-bond acceptors (Lipinski definition) is 4. The van der Waals surface area contributed by atoms with Crippen LogP contribution in [0.2, 0.25) is 0 Å². The molecule has 0 aliphatic carbocycles. The van der Waals surface area contributed by atoms with E-state index in [1.165, 1.54) is 24.3 Å². The van der Waals surface area contributed by atoms with Crippen LogP contribution < -0.4 is 16.0 Å². The highest BCUT2D eigenvalue weighted by molar-refractivity contribution is 6.04. The molecule has 1 heterocycles. The molecule has 3 N–H and O–H groups in total. The van der Waals surface area contributed by atoms with E-state index in [2.05, 4.69) is 16.0 Å². The second kappa shape index (κ2) is 8.75. The van der Waals surface area contributed by atoms with Crippen molar-refractivity contribution in [3.8, 4) is 0 Å². The molecule has 1 fully saturated rings. The van der Waals surface area contributed by atoms with Gasteiger partial charge in [0.25, 0.3) is 5.91 Å². The van der Waals surface area contributed by atoms with Gasteiger partial charge in [-0.25, -0.2) is 4.39 Å². The van der Waals surface area contributed by atoms with Crippen LogP contribution in [-0.2, 0) is 9.53 Å². The summed E-state index contributed by atoms with van der Waals surface area (Å²) in [6.07, 6.45) is 0. The molecule has 2 atom stereocenters. The fraction of sp³-hybridized carbons (Fsp3) is 0.300. The molecule has 0 bridgehead atoms. The fourth-order valence-corrected chi connectivity index (χ4v) is 2.79. The number of ether oxygens (including phenoxy) is 1. The quantitative estimate of drug-likeness (QED) is 0.753. The standard InChI is InChI=1S/C20H22FN3O3/c1-13(23-20(26)18-12-27-11-10-22-18)14-4-8-17(9-5-14)24-19(25)15-2-6-16(21)7-3-15/h2-9,13,18,22H,10-12H2,1H3,(H,23,26)(H,24,25). The zero-order chi connectivity index (χ0) is 19.2. The van der Waals surface area contributed by atoms with Crippen molar-refractivity contribution in [2.24, 2.45) is 0 Å². The Labute approximate surface area is 157 Å². The van der Waals surface area contributed by atoms with Gasteiger partial charge in [0, 0.05) is 17.8 Å². The summed E-state index contributed by atoms with van der Waals surface area (Å²) in [5.41, 5.74) is 1.91. The Bertz CT molecular complexity index is 787. The molecule has 0 saturated carbocycles. The Balaban J connectivity index is 1.56. The first-order valence-electron chi connectivity index (χ1n) is 8.81. The minimum atomic E-state index is -0.387. The average molecular weight is 371 g/mol. The van der Waals surface area contributed by atoms with Gasteiger partial charge in [-0.1, -0.05) is 12.1 Å². The van der Waals surface area contributed by atoms with Crippen molar-refractivity contribution in [1.82, 2.24) is 10.6 Å². The van der Waals surface area contributed by atoms with Gasteiger partial charge < -0.3 is 20.7 Å². The molecule has 2 amide bonds. The van der Waals surface area contributed by atoms with E-state index < -0.39 is 0 Å². The van der Waals surface area contributed by atoms with Crippen LogP contribution >= 0.6 is 0 Å². The summed E-state index contributed by atoms with van der Waals surface area (Å²) < 4.78 is 18.2. The summed E-state index contributed by atoms with van der Waals surface area (Å²) in [7, 11) is 0. The summed E-state index contributed by atoms with van der Waals surface area (Å²) in [5.74, 6) is -0.801. The third-order valence-electron chi connectivity index (χ3n) is 4.37. The number of hydrogen-bond donors (Lipinski definition) is 3. The topological polar surface area (TPSA) is 79.5 Å². The van der Waals surface area contributed by atoms with Crippen LogP contribution in [0.15, 0.2) is 48.5 Å². The molecule has 142 valence electrons. The van der Waals surface area contributed by atoms with Crippen molar-refractivity contribution in [2.45, 2.75) is 19.0 Å². The number of morpholine rings is 1. The lowest BCUT2D eigenvalue weighted by Gasteiger charge is -2.25. The third kappa shape index (κ3) is 5.12. The summed E-state index contributed by atoms with van der Waals surface area (Å²) in [4.78, 5) is 24.4. The Morgan fingerprint density at radius 1 is 1.15 bits per heavy atom. The van der Waals surface area contributed by atoms with Gasteiger partial charge in [0.15, 0.2) is 0 Å². The van der Waals surface area contributed by atoms with E-state index in [1.54, 1.807) is 12.1 Å². The molecule has 3 rings (SSSR count). The highest BCUT2D eigenvalue weighted by atomic mass is 19.1. The van der Waals surface area contributed by atoms with Crippen LogP contribution in [0.5, 0.6) is 0 Å². The first kappa shape index (κ1) is 19.0. The van der Waals surface area contributed by atoms with E-state index in [9.17, 15) is 14.0 Å². The van der Waals surface area contributed by atoms with Crippen LogP contribution in [0.1, 0.15) is 28.9 Å². The lowest BCUT2D eigenvalue weighted by Crippen LogP contribution is -2.51. The summed E-state index contributed by atoms with van der Waals surface area (Å²) in [6.45, 7) is 3.54. The van der Waals surface area contributed by atoms with Gasteiger partial charge in [-0.2, -0.15) is 0 Å². The predicted molar refractivity (Wildman–Crippen MR) is 100.0 cm³/mol. The first-order chi connectivity index (χ1) is 13.0. The van der Waals surface area contributed by atoms with E-state index in [1.807, 2.05) is 19.1 Å². The number of carbonyl (C=O) groups excluding carboxylic acids is 2. The molecule has 1 aliphatic rings. The Hall–Kier alpha value is -2.77. The number of halogens is 1. The molecule has 2 aromatic rings. The van der Waals surface area contributed by atoms with Gasteiger partial charge in [0.1, 0.15) is 11.9 Å². The van der Waals surface area contributed by atoms with Crippen molar-refractivity contribution >= 4 is 17.5 Å². The maximum Gasteiger partial charge on any atom is 0.255 e. The summed E-state index contributed by atoms with van der Waals surface area (Å²) in [6, 6.07) is 12.1. The number of carbonyl (C=O) groups is 2. The Morgan fingerprint density at radius 3 is 2.48 bits per heavy atom. The zero-order valence-corrected chi connectivity index (χ0v) is 15.0. The van der Waals surface area contributed by atoms with Crippen molar-refractivity contribution < 1.29 is 18.7 Å². The van der Waals surface area contributed by atoms with Gasteiger partial charge in [0.05, 0.1) is 19.3 Å². The molecule has 6 nitrogen and oxygen atoms in total. The van der Waals surface area contributed by atoms with Gasteiger partial charge in [-0.3, -0.25) is 9.59 Å². The molecule has 0 aromatic heterocycles. The maximum atomic E-state index is 12.9. The second-order valence-electron chi connectivity index (χ2n) is 6.39. The molecule has 1 saturated heterocycles. The van der Waals surface area contributed by atoms with E-state index in [4.69, 9.17) is 4.74 Å². The SMILES string of the molecule is CC(NC(=O)C1COCCN1)c1ccc(NC(=O)c2ccc(F)cc2)cc1. The van der Waals surface area contributed by atoms with Crippen LogP contribution in [0.25, 0.3) is 0 Å². The summed E-state index contributed by atoms with van der Waals surface area (Å²) >= 11 is 0. The summed E-state index contributed by atoms with van der Waals surface area (Å²) in [5, 5.41) is 8.83.